The van der Waals surface area contributed by atoms with E-state index in [0.717, 1.165) is 37.1 Å². The summed E-state index contributed by atoms with van der Waals surface area (Å²) in [5.74, 6) is 0. The Hall–Kier alpha value is -0.430. The fourth-order valence-electron chi connectivity index (χ4n) is 2.58. The molecule has 1 aliphatic rings. The fraction of sp³-hybridized carbons (Fsp3) is 0.769. The molecule has 108 valence electrons. The van der Waals surface area contributed by atoms with Crippen molar-refractivity contribution in [3.63, 3.8) is 0 Å². The van der Waals surface area contributed by atoms with Crippen LogP contribution in [0.1, 0.15) is 25.1 Å². The van der Waals surface area contributed by atoms with E-state index in [1.807, 2.05) is 13.2 Å². The number of aryl methyl sites for hydroxylation is 1. The Balaban J connectivity index is 2.23. The molecule has 0 spiro atoms. The van der Waals surface area contributed by atoms with Gasteiger partial charge in [0.05, 0.1) is 35.1 Å². The van der Waals surface area contributed by atoms with E-state index in [1.165, 1.54) is 5.69 Å². The van der Waals surface area contributed by atoms with Crippen molar-refractivity contribution in [2.24, 2.45) is 0 Å². The van der Waals surface area contributed by atoms with E-state index in [9.17, 15) is 0 Å². The molecule has 0 aromatic carbocycles. The first kappa shape index (κ1) is 15.0. The highest BCUT2D eigenvalue weighted by atomic mass is 79.9. The Morgan fingerprint density at radius 2 is 2.42 bits per heavy atom. The minimum atomic E-state index is 0.158. The monoisotopic (exact) mass is 330 g/mol. The van der Waals surface area contributed by atoms with Crippen LogP contribution in [-0.4, -0.2) is 54.6 Å². The third-order valence-electron chi connectivity index (χ3n) is 3.54. The maximum atomic E-state index is 5.95. The molecule has 2 atom stereocenters. The Morgan fingerprint density at radius 1 is 1.63 bits per heavy atom. The number of morpholine rings is 1. The number of nitrogens with one attached hydrogen (secondary N) is 1. The van der Waals surface area contributed by atoms with Crippen molar-refractivity contribution in [1.82, 2.24) is 20.0 Å². The predicted octanol–water partition coefficient (Wildman–Crippen LogP) is 1.65. The standard InChI is InChI=1S/C13H23BrN4O/c1-4-5-18-13(10(14)8-16-18)12(15-2)11-9-17(3)6-7-19-11/h8,11-12,15H,4-7,9H2,1-3H3. The van der Waals surface area contributed by atoms with E-state index < -0.39 is 0 Å². The lowest BCUT2D eigenvalue weighted by atomic mass is 10.1. The fourth-order valence-corrected chi connectivity index (χ4v) is 3.13. The van der Waals surface area contributed by atoms with E-state index in [0.29, 0.717) is 0 Å². The summed E-state index contributed by atoms with van der Waals surface area (Å²) in [4.78, 5) is 2.31. The van der Waals surface area contributed by atoms with Gasteiger partial charge in [0.1, 0.15) is 0 Å². The van der Waals surface area contributed by atoms with Crippen LogP contribution in [0.4, 0.5) is 0 Å². The SMILES string of the molecule is CCCn1ncc(Br)c1C(NC)C1CN(C)CCO1. The molecule has 2 rings (SSSR count). The van der Waals surface area contributed by atoms with Gasteiger partial charge in [-0.15, -0.1) is 0 Å². The van der Waals surface area contributed by atoms with E-state index in [2.05, 4.69) is 49.9 Å². The second-order valence-electron chi connectivity index (χ2n) is 5.04. The van der Waals surface area contributed by atoms with Crippen molar-refractivity contribution in [3.8, 4) is 0 Å². The lowest BCUT2D eigenvalue weighted by molar-refractivity contribution is -0.0395. The zero-order chi connectivity index (χ0) is 13.8. The molecule has 1 aromatic rings. The van der Waals surface area contributed by atoms with Crippen LogP contribution < -0.4 is 5.32 Å². The number of hydrogen-bond donors (Lipinski definition) is 1. The summed E-state index contributed by atoms with van der Waals surface area (Å²) >= 11 is 3.62. The Labute approximate surface area is 123 Å². The van der Waals surface area contributed by atoms with Gasteiger partial charge in [-0.25, -0.2) is 0 Å². The number of nitrogens with zero attached hydrogens (tertiary/aromatic N) is 3. The first-order valence-electron chi connectivity index (χ1n) is 6.86. The van der Waals surface area contributed by atoms with Crippen LogP contribution in [0.3, 0.4) is 0 Å². The van der Waals surface area contributed by atoms with E-state index in [-0.39, 0.29) is 12.1 Å². The molecule has 2 heterocycles. The van der Waals surface area contributed by atoms with E-state index in [4.69, 9.17) is 4.74 Å². The Kier molecular flexibility index (Phi) is 5.38. The van der Waals surface area contributed by atoms with Crippen molar-refractivity contribution in [2.75, 3.05) is 33.8 Å². The summed E-state index contributed by atoms with van der Waals surface area (Å²) in [6.07, 6.45) is 3.11. The first-order chi connectivity index (χ1) is 9.17. The average Bonchev–Trinajstić information content (AvgIpc) is 2.74. The lowest BCUT2D eigenvalue weighted by Gasteiger charge is -2.35. The molecule has 1 fully saturated rings. The molecule has 1 aromatic heterocycles. The molecular formula is C13H23BrN4O. The summed E-state index contributed by atoms with van der Waals surface area (Å²) in [5.41, 5.74) is 1.18. The zero-order valence-corrected chi connectivity index (χ0v) is 13.5. The summed E-state index contributed by atoms with van der Waals surface area (Å²) in [5, 5.41) is 7.84. The quantitative estimate of drug-likeness (QED) is 0.891. The van der Waals surface area contributed by atoms with Gasteiger partial charge in [-0.05, 0) is 36.4 Å². The van der Waals surface area contributed by atoms with E-state index >= 15 is 0 Å². The average molecular weight is 331 g/mol. The van der Waals surface area contributed by atoms with Crippen LogP contribution in [0.15, 0.2) is 10.7 Å². The maximum Gasteiger partial charge on any atom is 0.0912 e. The topological polar surface area (TPSA) is 42.3 Å². The molecule has 1 N–H and O–H groups in total. The van der Waals surface area contributed by atoms with Gasteiger partial charge in [-0.2, -0.15) is 5.10 Å². The Morgan fingerprint density at radius 3 is 3.05 bits per heavy atom. The maximum absolute atomic E-state index is 5.95. The first-order valence-corrected chi connectivity index (χ1v) is 7.65. The molecule has 0 bridgehead atoms. The molecule has 6 heteroatoms. The molecule has 0 amide bonds. The van der Waals surface area contributed by atoms with Crippen molar-refractivity contribution in [2.45, 2.75) is 32.0 Å². The summed E-state index contributed by atoms with van der Waals surface area (Å²) < 4.78 is 9.07. The van der Waals surface area contributed by atoms with Crippen molar-refractivity contribution in [3.05, 3.63) is 16.4 Å². The molecular weight excluding hydrogens is 308 g/mol. The van der Waals surface area contributed by atoms with Gasteiger partial charge in [0.25, 0.3) is 0 Å². The van der Waals surface area contributed by atoms with Crippen molar-refractivity contribution < 1.29 is 4.74 Å². The molecule has 0 aliphatic carbocycles. The largest absolute Gasteiger partial charge is 0.374 e. The number of aromatic nitrogens is 2. The molecule has 1 saturated heterocycles. The highest BCUT2D eigenvalue weighted by Crippen LogP contribution is 2.28. The minimum absolute atomic E-state index is 0.158. The minimum Gasteiger partial charge on any atom is -0.374 e. The molecule has 5 nitrogen and oxygen atoms in total. The highest BCUT2D eigenvalue weighted by molar-refractivity contribution is 9.10. The van der Waals surface area contributed by atoms with Crippen LogP contribution in [0.25, 0.3) is 0 Å². The highest BCUT2D eigenvalue weighted by Gasteiger charge is 2.30. The van der Waals surface area contributed by atoms with Crippen LogP contribution in [0.5, 0.6) is 0 Å². The Bertz CT molecular complexity index is 409. The van der Waals surface area contributed by atoms with Gasteiger partial charge in [-0.1, -0.05) is 6.92 Å². The van der Waals surface area contributed by atoms with Gasteiger partial charge in [-0.3, -0.25) is 4.68 Å². The van der Waals surface area contributed by atoms with Crippen molar-refractivity contribution in [1.29, 1.82) is 0 Å². The number of rotatable bonds is 5. The lowest BCUT2D eigenvalue weighted by Crippen LogP contribution is -2.46. The summed E-state index contributed by atoms with van der Waals surface area (Å²) in [6.45, 7) is 5.83. The normalized spacial score (nSPS) is 22.6. The number of halogens is 1. The van der Waals surface area contributed by atoms with Gasteiger partial charge < -0.3 is 15.0 Å². The van der Waals surface area contributed by atoms with Gasteiger partial charge >= 0.3 is 0 Å². The van der Waals surface area contributed by atoms with E-state index in [1.54, 1.807) is 0 Å². The number of likely N-dealkylation sites (N-methyl/N-ethyl adjacent to an activating group) is 2. The molecule has 1 aliphatic heterocycles. The van der Waals surface area contributed by atoms with Gasteiger partial charge in [0, 0.05) is 19.6 Å². The molecule has 2 unspecified atom stereocenters. The second kappa shape index (κ2) is 6.83. The number of ether oxygens (including phenoxy) is 1. The molecule has 19 heavy (non-hydrogen) atoms. The predicted molar refractivity (Wildman–Crippen MR) is 79.3 cm³/mol. The number of hydrogen-bond acceptors (Lipinski definition) is 4. The smallest absolute Gasteiger partial charge is 0.0912 e. The van der Waals surface area contributed by atoms with Crippen molar-refractivity contribution >= 4 is 15.9 Å². The van der Waals surface area contributed by atoms with Gasteiger partial charge in [0.15, 0.2) is 0 Å². The summed E-state index contributed by atoms with van der Waals surface area (Å²) in [6, 6.07) is 0.158. The van der Waals surface area contributed by atoms with Crippen LogP contribution in [-0.2, 0) is 11.3 Å². The summed E-state index contributed by atoms with van der Waals surface area (Å²) in [7, 11) is 4.12. The third-order valence-corrected chi connectivity index (χ3v) is 4.15. The zero-order valence-electron chi connectivity index (χ0n) is 11.9. The third kappa shape index (κ3) is 3.37. The molecule has 0 radical (unpaired) electrons. The van der Waals surface area contributed by atoms with Gasteiger partial charge in [0.2, 0.25) is 0 Å². The second-order valence-corrected chi connectivity index (χ2v) is 5.89. The van der Waals surface area contributed by atoms with Crippen LogP contribution in [0.2, 0.25) is 0 Å². The molecule has 0 saturated carbocycles. The van der Waals surface area contributed by atoms with Crippen LogP contribution >= 0.6 is 15.9 Å². The van der Waals surface area contributed by atoms with Crippen LogP contribution in [0, 0.1) is 0 Å².